The molecule has 2 amide bonds. The number of carbonyl (C=O) groups excluding carboxylic acids is 2. The van der Waals surface area contributed by atoms with Crippen molar-refractivity contribution in [1.29, 1.82) is 0 Å². The van der Waals surface area contributed by atoms with Crippen molar-refractivity contribution in [2.75, 3.05) is 18.4 Å². The standard InChI is InChI=1S/C22H21Cl2N5O3/c23-15-4-1-5-16(24)17(15)21-29-18(19(25)30)22(32-21)28-13-8-6-12(7-9-13)20(31)27-14-3-2-10-26-11-14/h1,4-9,14,26,28H,2-3,10-11H2,(H2,25,30)(H,27,31). The number of oxazole rings is 1. The van der Waals surface area contributed by atoms with E-state index in [1.54, 1.807) is 42.5 Å². The smallest absolute Gasteiger partial charge is 0.273 e. The van der Waals surface area contributed by atoms with E-state index in [2.05, 4.69) is 20.9 Å². The topological polar surface area (TPSA) is 122 Å². The van der Waals surface area contributed by atoms with E-state index in [-0.39, 0.29) is 29.4 Å². The van der Waals surface area contributed by atoms with Gasteiger partial charge in [0, 0.05) is 23.8 Å². The van der Waals surface area contributed by atoms with Crippen LogP contribution in [0.3, 0.4) is 0 Å². The van der Waals surface area contributed by atoms with Gasteiger partial charge < -0.3 is 26.1 Å². The fraction of sp³-hybridized carbons (Fsp3) is 0.227. The number of nitrogens with two attached hydrogens (primary N) is 1. The molecule has 4 rings (SSSR count). The van der Waals surface area contributed by atoms with E-state index in [9.17, 15) is 9.59 Å². The summed E-state index contributed by atoms with van der Waals surface area (Å²) in [5.74, 6) is -0.802. The Bertz CT molecular complexity index is 1120. The number of aromatic nitrogens is 1. The van der Waals surface area contributed by atoms with Crippen molar-refractivity contribution in [3.63, 3.8) is 0 Å². The first kappa shape index (κ1) is 22.1. The van der Waals surface area contributed by atoms with Gasteiger partial charge in [0.15, 0.2) is 5.69 Å². The second-order valence-electron chi connectivity index (χ2n) is 7.38. The highest BCUT2D eigenvalue weighted by molar-refractivity contribution is 6.38. The molecule has 1 fully saturated rings. The van der Waals surface area contributed by atoms with Crippen LogP contribution in [0.25, 0.3) is 11.5 Å². The lowest BCUT2D eigenvalue weighted by atomic mass is 10.1. The number of nitrogens with one attached hydrogen (secondary N) is 3. The molecule has 1 unspecified atom stereocenters. The maximum absolute atomic E-state index is 12.5. The van der Waals surface area contributed by atoms with E-state index < -0.39 is 5.91 Å². The Morgan fingerprint density at radius 1 is 1.12 bits per heavy atom. The van der Waals surface area contributed by atoms with Crippen LogP contribution in [-0.2, 0) is 0 Å². The Morgan fingerprint density at radius 2 is 1.84 bits per heavy atom. The van der Waals surface area contributed by atoms with E-state index in [0.717, 1.165) is 25.9 Å². The number of hydrogen-bond acceptors (Lipinski definition) is 6. The number of carbonyl (C=O) groups is 2. The van der Waals surface area contributed by atoms with Crippen molar-refractivity contribution >= 4 is 46.6 Å². The highest BCUT2D eigenvalue weighted by Crippen LogP contribution is 2.36. The van der Waals surface area contributed by atoms with Crippen molar-refractivity contribution in [2.24, 2.45) is 5.73 Å². The summed E-state index contributed by atoms with van der Waals surface area (Å²) < 4.78 is 5.73. The first-order valence-corrected chi connectivity index (χ1v) is 10.8. The SMILES string of the molecule is NC(=O)c1nc(-c2c(Cl)cccc2Cl)oc1Nc1ccc(C(=O)NC2CCCNC2)cc1. The van der Waals surface area contributed by atoms with Crippen LogP contribution >= 0.6 is 23.2 Å². The largest absolute Gasteiger partial charge is 0.419 e. The van der Waals surface area contributed by atoms with Gasteiger partial charge in [-0.15, -0.1) is 0 Å². The molecule has 0 spiro atoms. The second-order valence-corrected chi connectivity index (χ2v) is 8.19. The van der Waals surface area contributed by atoms with Crippen LogP contribution in [0.5, 0.6) is 0 Å². The summed E-state index contributed by atoms with van der Waals surface area (Å²) >= 11 is 12.4. The van der Waals surface area contributed by atoms with Crippen LogP contribution in [-0.4, -0.2) is 35.9 Å². The van der Waals surface area contributed by atoms with Crippen molar-refractivity contribution in [2.45, 2.75) is 18.9 Å². The van der Waals surface area contributed by atoms with Crippen molar-refractivity contribution in [3.05, 3.63) is 63.8 Å². The molecule has 8 nitrogen and oxygen atoms in total. The Kier molecular flexibility index (Phi) is 6.64. The van der Waals surface area contributed by atoms with E-state index in [4.69, 9.17) is 33.4 Å². The highest BCUT2D eigenvalue weighted by atomic mass is 35.5. The van der Waals surface area contributed by atoms with Gasteiger partial charge in [-0.3, -0.25) is 9.59 Å². The predicted octanol–water partition coefficient (Wildman–Crippen LogP) is 3.97. The number of halogens is 2. The minimum Gasteiger partial charge on any atom is -0.419 e. The molecule has 1 aliphatic heterocycles. The number of amides is 2. The van der Waals surface area contributed by atoms with Gasteiger partial charge in [-0.05, 0) is 55.8 Å². The fourth-order valence-corrected chi connectivity index (χ4v) is 4.02. The van der Waals surface area contributed by atoms with Crippen molar-refractivity contribution in [1.82, 2.24) is 15.6 Å². The van der Waals surface area contributed by atoms with Gasteiger partial charge >= 0.3 is 0 Å². The molecule has 3 aromatic rings. The summed E-state index contributed by atoms with van der Waals surface area (Å²) in [5, 5.41) is 9.91. The molecule has 1 aliphatic rings. The van der Waals surface area contributed by atoms with E-state index >= 15 is 0 Å². The Morgan fingerprint density at radius 3 is 2.47 bits per heavy atom. The lowest BCUT2D eigenvalue weighted by molar-refractivity contribution is 0.0929. The lowest BCUT2D eigenvalue weighted by Gasteiger charge is -2.23. The highest BCUT2D eigenvalue weighted by Gasteiger charge is 2.22. The summed E-state index contributed by atoms with van der Waals surface area (Å²) in [6.45, 7) is 1.75. The molecule has 0 radical (unpaired) electrons. The fourth-order valence-electron chi connectivity index (χ4n) is 3.46. The number of anilines is 2. The lowest BCUT2D eigenvalue weighted by Crippen LogP contribution is -2.45. The molecule has 1 aromatic heterocycles. The number of benzene rings is 2. The second kappa shape index (κ2) is 9.60. The molecular formula is C22H21Cl2N5O3. The molecule has 32 heavy (non-hydrogen) atoms. The summed E-state index contributed by atoms with van der Waals surface area (Å²) in [6, 6.07) is 11.8. The van der Waals surface area contributed by atoms with Crippen molar-refractivity contribution in [3.8, 4) is 11.5 Å². The summed E-state index contributed by atoms with van der Waals surface area (Å²) in [4.78, 5) is 28.5. The van der Waals surface area contributed by atoms with Gasteiger partial charge in [0.05, 0.1) is 15.6 Å². The first-order chi connectivity index (χ1) is 15.4. The molecular weight excluding hydrogens is 453 g/mol. The summed E-state index contributed by atoms with van der Waals surface area (Å²) in [6.07, 6.45) is 1.99. The monoisotopic (exact) mass is 473 g/mol. The molecule has 0 aliphatic carbocycles. The molecule has 10 heteroatoms. The molecule has 2 aromatic carbocycles. The number of nitrogens with zero attached hydrogens (tertiary/aromatic N) is 1. The Hall–Kier alpha value is -3.07. The number of rotatable bonds is 6. The van der Waals surface area contributed by atoms with Gasteiger partial charge in [-0.1, -0.05) is 29.3 Å². The maximum Gasteiger partial charge on any atom is 0.273 e. The minimum atomic E-state index is -0.775. The van der Waals surface area contributed by atoms with Gasteiger partial charge in [-0.25, -0.2) is 4.98 Å². The summed E-state index contributed by atoms with van der Waals surface area (Å²) in [7, 11) is 0. The zero-order valence-corrected chi connectivity index (χ0v) is 18.5. The maximum atomic E-state index is 12.5. The third-order valence-electron chi connectivity index (χ3n) is 5.07. The molecule has 0 saturated carbocycles. The van der Waals surface area contributed by atoms with Crippen LogP contribution in [0.2, 0.25) is 10.0 Å². The number of hydrogen-bond donors (Lipinski definition) is 4. The average Bonchev–Trinajstić information content (AvgIpc) is 3.18. The Balaban J connectivity index is 1.53. The van der Waals surface area contributed by atoms with Gasteiger partial charge in [0.25, 0.3) is 11.8 Å². The van der Waals surface area contributed by atoms with E-state index in [1.165, 1.54) is 0 Å². The first-order valence-electron chi connectivity index (χ1n) is 10.1. The van der Waals surface area contributed by atoms with Gasteiger partial charge in [0.1, 0.15) is 0 Å². The third kappa shape index (κ3) is 4.88. The molecule has 1 atom stereocenters. The van der Waals surface area contributed by atoms with Crippen LogP contribution in [0, 0.1) is 0 Å². The zero-order chi connectivity index (χ0) is 22.7. The molecule has 1 saturated heterocycles. The Labute approximate surface area is 194 Å². The van der Waals surface area contributed by atoms with Crippen LogP contribution in [0.4, 0.5) is 11.6 Å². The van der Waals surface area contributed by atoms with Gasteiger partial charge in [0.2, 0.25) is 11.8 Å². The minimum absolute atomic E-state index is 0.0500. The van der Waals surface area contributed by atoms with Crippen LogP contribution in [0.1, 0.15) is 33.7 Å². The molecule has 5 N–H and O–H groups in total. The van der Waals surface area contributed by atoms with E-state index in [1.807, 2.05) is 0 Å². The normalized spacial score (nSPS) is 15.9. The third-order valence-corrected chi connectivity index (χ3v) is 5.70. The number of piperidine rings is 1. The zero-order valence-electron chi connectivity index (χ0n) is 17.0. The van der Waals surface area contributed by atoms with Crippen molar-refractivity contribution < 1.29 is 14.0 Å². The number of primary amides is 1. The molecule has 166 valence electrons. The van der Waals surface area contributed by atoms with E-state index in [0.29, 0.717) is 26.9 Å². The van der Waals surface area contributed by atoms with Crippen LogP contribution in [0.15, 0.2) is 46.9 Å². The molecule has 2 heterocycles. The quantitative estimate of drug-likeness (QED) is 0.429. The average molecular weight is 474 g/mol. The summed E-state index contributed by atoms with van der Waals surface area (Å²) in [5.41, 5.74) is 6.83. The van der Waals surface area contributed by atoms with Gasteiger partial charge in [-0.2, -0.15) is 0 Å². The van der Waals surface area contributed by atoms with Crippen LogP contribution < -0.4 is 21.7 Å². The molecule has 0 bridgehead atoms. The predicted molar refractivity (Wildman–Crippen MR) is 124 cm³/mol.